The standard InChI is InChI=1S/C8H10N2O2/c11-8(12)6-4-9-10(5-6)7-2-1-3-7/h4-5,7H,1-3H2,(H,11,12). The van der Waals surface area contributed by atoms with Crippen molar-refractivity contribution in [2.75, 3.05) is 0 Å². The molecular weight excluding hydrogens is 156 g/mol. The minimum absolute atomic E-state index is 0.280. The third kappa shape index (κ3) is 1.09. The molecule has 1 aliphatic rings. The zero-order valence-electron chi connectivity index (χ0n) is 6.60. The highest BCUT2D eigenvalue weighted by Crippen LogP contribution is 2.30. The van der Waals surface area contributed by atoms with Crippen LogP contribution in [0.4, 0.5) is 0 Å². The zero-order chi connectivity index (χ0) is 8.55. The van der Waals surface area contributed by atoms with Gasteiger partial charge in [0.05, 0.1) is 17.8 Å². The summed E-state index contributed by atoms with van der Waals surface area (Å²) in [5.41, 5.74) is 0.280. The second-order valence-corrected chi connectivity index (χ2v) is 3.10. The molecule has 1 aromatic heterocycles. The molecule has 1 aromatic rings. The number of carboxylic acids is 1. The molecule has 12 heavy (non-hydrogen) atoms. The first-order valence-corrected chi connectivity index (χ1v) is 4.05. The van der Waals surface area contributed by atoms with Crippen molar-refractivity contribution < 1.29 is 9.90 Å². The summed E-state index contributed by atoms with van der Waals surface area (Å²) in [5.74, 6) is -0.902. The van der Waals surface area contributed by atoms with Gasteiger partial charge in [0.15, 0.2) is 0 Å². The quantitative estimate of drug-likeness (QED) is 0.720. The molecule has 1 aliphatic carbocycles. The molecule has 0 amide bonds. The van der Waals surface area contributed by atoms with Crippen molar-refractivity contribution in [1.82, 2.24) is 9.78 Å². The maximum atomic E-state index is 10.5. The van der Waals surface area contributed by atoms with Gasteiger partial charge >= 0.3 is 5.97 Å². The van der Waals surface area contributed by atoms with Crippen molar-refractivity contribution in [2.24, 2.45) is 0 Å². The Labute approximate surface area is 69.8 Å². The maximum Gasteiger partial charge on any atom is 0.338 e. The summed E-state index contributed by atoms with van der Waals surface area (Å²) < 4.78 is 1.76. The van der Waals surface area contributed by atoms with Crippen LogP contribution in [-0.4, -0.2) is 20.9 Å². The number of rotatable bonds is 2. The van der Waals surface area contributed by atoms with Gasteiger partial charge in [-0.25, -0.2) is 4.79 Å². The first-order chi connectivity index (χ1) is 5.77. The van der Waals surface area contributed by atoms with Crippen LogP contribution < -0.4 is 0 Å². The molecule has 2 rings (SSSR count). The summed E-state index contributed by atoms with van der Waals surface area (Å²) in [6, 6.07) is 0.443. The predicted octanol–water partition coefficient (Wildman–Crippen LogP) is 1.31. The third-order valence-electron chi connectivity index (χ3n) is 2.30. The first kappa shape index (κ1) is 7.34. The predicted molar refractivity (Wildman–Crippen MR) is 42.1 cm³/mol. The molecule has 1 fully saturated rings. The fourth-order valence-corrected chi connectivity index (χ4v) is 1.30. The van der Waals surface area contributed by atoms with Gasteiger partial charge in [0.25, 0.3) is 0 Å². The van der Waals surface area contributed by atoms with Crippen LogP contribution in [0.15, 0.2) is 12.4 Å². The monoisotopic (exact) mass is 166 g/mol. The van der Waals surface area contributed by atoms with E-state index in [0.29, 0.717) is 6.04 Å². The van der Waals surface area contributed by atoms with Crippen molar-refractivity contribution in [3.05, 3.63) is 18.0 Å². The van der Waals surface area contributed by atoms with Crippen LogP contribution in [0.1, 0.15) is 35.7 Å². The molecule has 4 nitrogen and oxygen atoms in total. The second kappa shape index (κ2) is 2.62. The Balaban J connectivity index is 2.17. The zero-order valence-corrected chi connectivity index (χ0v) is 6.60. The minimum atomic E-state index is -0.902. The average Bonchev–Trinajstić information content (AvgIpc) is 2.32. The van der Waals surface area contributed by atoms with Gasteiger partial charge in [-0.3, -0.25) is 4.68 Å². The fraction of sp³-hybridized carbons (Fsp3) is 0.500. The summed E-state index contributed by atoms with van der Waals surface area (Å²) in [5, 5.41) is 12.6. The van der Waals surface area contributed by atoms with Crippen LogP contribution in [0.3, 0.4) is 0 Å². The highest BCUT2D eigenvalue weighted by molar-refractivity contribution is 5.86. The van der Waals surface area contributed by atoms with E-state index in [0.717, 1.165) is 12.8 Å². The van der Waals surface area contributed by atoms with Gasteiger partial charge in [-0.15, -0.1) is 0 Å². The summed E-state index contributed by atoms with van der Waals surface area (Å²) in [4.78, 5) is 10.5. The van der Waals surface area contributed by atoms with Crippen LogP contribution in [-0.2, 0) is 0 Å². The van der Waals surface area contributed by atoms with Crippen molar-refractivity contribution in [3.63, 3.8) is 0 Å². The Morgan fingerprint density at radius 1 is 1.67 bits per heavy atom. The third-order valence-corrected chi connectivity index (χ3v) is 2.30. The maximum absolute atomic E-state index is 10.5. The van der Waals surface area contributed by atoms with E-state index in [1.807, 2.05) is 0 Å². The molecule has 0 saturated heterocycles. The van der Waals surface area contributed by atoms with Gasteiger partial charge in [0.1, 0.15) is 0 Å². The van der Waals surface area contributed by atoms with E-state index in [-0.39, 0.29) is 5.56 Å². The normalized spacial score (nSPS) is 17.3. The molecular formula is C8H10N2O2. The molecule has 0 bridgehead atoms. The Morgan fingerprint density at radius 2 is 2.42 bits per heavy atom. The second-order valence-electron chi connectivity index (χ2n) is 3.10. The lowest BCUT2D eigenvalue weighted by atomic mass is 9.93. The van der Waals surface area contributed by atoms with E-state index >= 15 is 0 Å². The van der Waals surface area contributed by atoms with Gasteiger partial charge in [-0.1, -0.05) is 0 Å². The molecule has 0 radical (unpaired) electrons. The van der Waals surface area contributed by atoms with Crippen LogP contribution in [0.2, 0.25) is 0 Å². The number of carboxylic acid groups (broad SMARTS) is 1. The highest BCUT2D eigenvalue weighted by Gasteiger charge is 2.20. The van der Waals surface area contributed by atoms with Crippen LogP contribution >= 0.6 is 0 Å². The molecule has 0 aliphatic heterocycles. The SMILES string of the molecule is O=C(O)c1cnn(C2CCC2)c1. The molecule has 4 heteroatoms. The van der Waals surface area contributed by atoms with Gasteiger partial charge in [-0.2, -0.15) is 5.10 Å². The number of hydrogen-bond acceptors (Lipinski definition) is 2. The number of carbonyl (C=O) groups is 1. The molecule has 1 saturated carbocycles. The number of hydrogen-bond donors (Lipinski definition) is 1. The Bertz CT molecular complexity index is 302. The molecule has 0 aromatic carbocycles. The lowest BCUT2D eigenvalue weighted by Gasteiger charge is -2.25. The molecule has 0 atom stereocenters. The van der Waals surface area contributed by atoms with E-state index in [4.69, 9.17) is 5.11 Å². The van der Waals surface area contributed by atoms with Crippen LogP contribution in [0.5, 0.6) is 0 Å². The lowest BCUT2D eigenvalue weighted by molar-refractivity contribution is 0.0696. The smallest absolute Gasteiger partial charge is 0.338 e. The largest absolute Gasteiger partial charge is 0.478 e. The Hall–Kier alpha value is -1.32. The molecule has 0 spiro atoms. The van der Waals surface area contributed by atoms with Gasteiger partial charge in [0.2, 0.25) is 0 Å². The van der Waals surface area contributed by atoms with Crippen molar-refractivity contribution in [2.45, 2.75) is 25.3 Å². The van der Waals surface area contributed by atoms with E-state index < -0.39 is 5.97 Å². The van der Waals surface area contributed by atoms with E-state index in [1.54, 1.807) is 10.9 Å². The van der Waals surface area contributed by atoms with Gasteiger partial charge in [0, 0.05) is 6.20 Å². The van der Waals surface area contributed by atoms with Crippen LogP contribution in [0, 0.1) is 0 Å². The average molecular weight is 166 g/mol. The summed E-state index contributed by atoms with van der Waals surface area (Å²) in [6.45, 7) is 0. The van der Waals surface area contributed by atoms with Crippen molar-refractivity contribution >= 4 is 5.97 Å². The lowest BCUT2D eigenvalue weighted by Crippen LogP contribution is -2.17. The van der Waals surface area contributed by atoms with E-state index in [2.05, 4.69) is 5.10 Å². The fourth-order valence-electron chi connectivity index (χ4n) is 1.30. The van der Waals surface area contributed by atoms with Crippen molar-refractivity contribution in [3.8, 4) is 0 Å². The topological polar surface area (TPSA) is 55.1 Å². The Morgan fingerprint density at radius 3 is 2.83 bits per heavy atom. The van der Waals surface area contributed by atoms with Gasteiger partial charge < -0.3 is 5.11 Å². The summed E-state index contributed by atoms with van der Waals surface area (Å²) >= 11 is 0. The minimum Gasteiger partial charge on any atom is -0.478 e. The highest BCUT2D eigenvalue weighted by atomic mass is 16.4. The van der Waals surface area contributed by atoms with E-state index in [1.165, 1.54) is 12.6 Å². The Kier molecular flexibility index (Phi) is 1.60. The number of nitrogens with zero attached hydrogens (tertiary/aromatic N) is 2. The first-order valence-electron chi connectivity index (χ1n) is 4.05. The summed E-state index contributed by atoms with van der Waals surface area (Å²) in [6.07, 6.45) is 6.49. The van der Waals surface area contributed by atoms with E-state index in [9.17, 15) is 4.79 Å². The number of aromatic carboxylic acids is 1. The number of aromatic nitrogens is 2. The van der Waals surface area contributed by atoms with Crippen LogP contribution in [0.25, 0.3) is 0 Å². The molecule has 1 N–H and O–H groups in total. The van der Waals surface area contributed by atoms with Crippen molar-refractivity contribution in [1.29, 1.82) is 0 Å². The summed E-state index contributed by atoms with van der Waals surface area (Å²) in [7, 11) is 0. The molecule has 1 heterocycles. The van der Waals surface area contributed by atoms with Gasteiger partial charge in [-0.05, 0) is 19.3 Å². The molecule has 0 unspecified atom stereocenters. The molecule has 64 valence electrons.